The van der Waals surface area contributed by atoms with E-state index in [2.05, 4.69) is 4.90 Å². The normalized spacial score (nSPS) is 19.7. The number of carbonyl (C=O) groups excluding carboxylic acids is 1. The third-order valence-electron chi connectivity index (χ3n) is 3.56. The van der Waals surface area contributed by atoms with Crippen LogP contribution < -0.4 is 10.6 Å². The van der Waals surface area contributed by atoms with Gasteiger partial charge in [-0.25, -0.2) is 0 Å². The Morgan fingerprint density at radius 3 is 2.63 bits per heavy atom. The van der Waals surface area contributed by atoms with E-state index in [-0.39, 0.29) is 11.7 Å². The van der Waals surface area contributed by atoms with Crippen LogP contribution in [-0.4, -0.2) is 36.6 Å². The predicted molar refractivity (Wildman–Crippen MR) is 87.1 cm³/mol. The molecular weight excluding hydrogens is 296 g/mol. The van der Waals surface area contributed by atoms with Gasteiger partial charge in [-0.1, -0.05) is 0 Å². The lowest BCUT2D eigenvalue weighted by molar-refractivity contribution is 0.0972. The fraction of sp³-hybridized carbons (Fsp3) is 0.615. The van der Waals surface area contributed by atoms with Crippen molar-refractivity contribution in [1.82, 2.24) is 0 Å². The Hall–Kier alpha value is -0.330. The number of hydrogen-bond acceptors (Lipinski definition) is 6. The van der Waals surface area contributed by atoms with Crippen LogP contribution in [0, 0.1) is 5.92 Å². The molecule has 0 atom stereocenters. The van der Waals surface area contributed by atoms with E-state index in [1.54, 1.807) is 23.1 Å². The van der Waals surface area contributed by atoms with Crippen molar-refractivity contribution in [2.24, 2.45) is 5.92 Å². The summed E-state index contributed by atoms with van der Waals surface area (Å²) in [4.78, 5) is 16.6. The predicted octanol–water partition coefficient (Wildman–Crippen LogP) is 3.20. The van der Waals surface area contributed by atoms with E-state index in [9.17, 15) is 4.79 Å². The number of hydrogen-bond donors (Lipinski definition) is 1. The number of nitrogens with zero attached hydrogens (tertiary/aromatic N) is 1. The molecule has 1 saturated carbocycles. The van der Waals surface area contributed by atoms with E-state index in [1.807, 2.05) is 18.0 Å². The minimum Gasteiger partial charge on any atom is -0.396 e. The third-order valence-corrected chi connectivity index (χ3v) is 6.73. The molecule has 0 unspecified atom stereocenters. The van der Waals surface area contributed by atoms with Crippen LogP contribution in [0.25, 0.3) is 0 Å². The van der Waals surface area contributed by atoms with E-state index in [1.165, 1.54) is 5.00 Å². The summed E-state index contributed by atoms with van der Waals surface area (Å²) in [5.41, 5.74) is 6.95. The maximum atomic E-state index is 12.3. The molecular formula is C13H18N2OS3. The summed E-state index contributed by atoms with van der Waals surface area (Å²) >= 11 is 5.28. The molecule has 3 nitrogen and oxygen atoms in total. The van der Waals surface area contributed by atoms with Crippen LogP contribution in [0.3, 0.4) is 0 Å². The molecule has 104 valence electrons. The van der Waals surface area contributed by atoms with Crippen molar-refractivity contribution >= 4 is 51.3 Å². The first-order valence-electron chi connectivity index (χ1n) is 6.55. The van der Waals surface area contributed by atoms with E-state index < -0.39 is 0 Å². The summed E-state index contributed by atoms with van der Waals surface area (Å²) in [5, 5.41) is 1.22. The van der Waals surface area contributed by atoms with Gasteiger partial charge in [-0.05, 0) is 19.1 Å². The summed E-state index contributed by atoms with van der Waals surface area (Å²) in [6.07, 6.45) is 4.13. The maximum absolute atomic E-state index is 12.3. The molecule has 0 spiro atoms. The molecule has 1 aromatic rings. The molecule has 6 heteroatoms. The average molecular weight is 315 g/mol. The summed E-state index contributed by atoms with van der Waals surface area (Å²) in [6.45, 7) is 2.13. The number of thiophene rings is 1. The first-order valence-corrected chi connectivity index (χ1v) is 9.75. The summed E-state index contributed by atoms with van der Waals surface area (Å²) < 4.78 is 0. The van der Waals surface area contributed by atoms with Crippen molar-refractivity contribution in [2.75, 3.05) is 41.5 Å². The Balaban J connectivity index is 1.93. The van der Waals surface area contributed by atoms with Crippen LogP contribution in [0.2, 0.25) is 0 Å². The van der Waals surface area contributed by atoms with Gasteiger partial charge in [0.25, 0.3) is 0 Å². The van der Waals surface area contributed by atoms with Gasteiger partial charge < -0.3 is 10.6 Å². The average Bonchev–Trinajstić information content (AvgIpc) is 3.23. The Bertz CT molecular complexity index is 490. The molecule has 1 aliphatic heterocycles. The molecule has 0 radical (unpaired) electrons. The zero-order chi connectivity index (χ0) is 13.4. The minimum atomic E-state index is 0.250. The molecule has 1 saturated heterocycles. The van der Waals surface area contributed by atoms with Gasteiger partial charge >= 0.3 is 0 Å². The SMILES string of the molecule is CSc1c(N2CCSCC2)sc(C(=O)C2CC2)c1N. The summed E-state index contributed by atoms with van der Waals surface area (Å²) in [7, 11) is 0. The Labute approximate surface area is 126 Å². The second kappa shape index (κ2) is 5.58. The van der Waals surface area contributed by atoms with Crippen molar-refractivity contribution in [3.63, 3.8) is 0 Å². The molecule has 2 heterocycles. The Morgan fingerprint density at radius 2 is 2.05 bits per heavy atom. The summed E-state index contributed by atoms with van der Waals surface area (Å²) in [6, 6.07) is 0. The Morgan fingerprint density at radius 1 is 1.37 bits per heavy atom. The first kappa shape index (κ1) is 13.6. The largest absolute Gasteiger partial charge is 0.396 e. The van der Waals surface area contributed by atoms with Gasteiger partial charge in [0.2, 0.25) is 0 Å². The van der Waals surface area contributed by atoms with Crippen LogP contribution >= 0.6 is 34.9 Å². The zero-order valence-electron chi connectivity index (χ0n) is 11.0. The highest BCUT2D eigenvalue weighted by molar-refractivity contribution is 7.99. The number of thioether (sulfide) groups is 2. The second-order valence-corrected chi connectivity index (χ2v) is 7.96. The molecule has 0 amide bonds. The van der Waals surface area contributed by atoms with E-state index in [4.69, 9.17) is 5.73 Å². The quantitative estimate of drug-likeness (QED) is 0.683. The van der Waals surface area contributed by atoms with Crippen molar-refractivity contribution in [3.8, 4) is 0 Å². The number of anilines is 2. The lowest BCUT2D eigenvalue weighted by Gasteiger charge is -2.27. The fourth-order valence-corrected chi connectivity index (χ4v) is 5.46. The molecule has 3 rings (SSSR count). The molecule has 0 aromatic carbocycles. The molecule has 2 aliphatic rings. The van der Waals surface area contributed by atoms with E-state index in [0.717, 1.165) is 52.9 Å². The monoisotopic (exact) mass is 314 g/mol. The molecule has 0 bridgehead atoms. The third kappa shape index (κ3) is 2.62. The summed E-state index contributed by atoms with van der Waals surface area (Å²) in [5.74, 6) is 2.85. The highest BCUT2D eigenvalue weighted by Gasteiger charge is 2.34. The molecule has 1 aliphatic carbocycles. The number of Topliss-reactive ketones (excluding diaryl/α,β-unsaturated/α-hetero) is 1. The van der Waals surface area contributed by atoms with Crippen molar-refractivity contribution < 1.29 is 4.79 Å². The second-order valence-electron chi connectivity index (χ2n) is 4.92. The van der Waals surface area contributed by atoms with Gasteiger partial charge in [-0.15, -0.1) is 23.1 Å². The minimum absolute atomic E-state index is 0.250. The van der Waals surface area contributed by atoms with Gasteiger partial charge in [-0.3, -0.25) is 4.79 Å². The van der Waals surface area contributed by atoms with Crippen molar-refractivity contribution in [3.05, 3.63) is 4.88 Å². The zero-order valence-corrected chi connectivity index (χ0v) is 13.4. The van der Waals surface area contributed by atoms with E-state index >= 15 is 0 Å². The lowest BCUT2D eigenvalue weighted by Crippen LogP contribution is -2.32. The highest BCUT2D eigenvalue weighted by atomic mass is 32.2. The number of carbonyl (C=O) groups is 1. The van der Waals surface area contributed by atoms with Gasteiger partial charge in [0.1, 0.15) is 5.00 Å². The van der Waals surface area contributed by atoms with Crippen molar-refractivity contribution in [2.45, 2.75) is 17.7 Å². The van der Waals surface area contributed by atoms with Crippen LogP contribution in [-0.2, 0) is 0 Å². The number of nitrogens with two attached hydrogens (primary N) is 1. The lowest BCUT2D eigenvalue weighted by atomic mass is 10.2. The van der Waals surface area contributed by atoms with Gasteiger partial charge in [0.05, 0.1) is 15.5 Å². The van der Waals surface area contributed by atoms with E-state index in [0.29, 0.717) is 0 Å². The van der Waals surface area contributed by atoms with Gasteiger partial charge in [0, 0.05) is 30.5 Å². The molecule has 2 fully saturated rings. The first-order chi connectivity index (χ1) is 9.22. The number of ketones is 1. The highest BCUT2D eigenvalue weighted by Crippen LogP contribution is 2.47. The van der Waals surface area contributed by atoms with Crippen LogP contribution in [0.5, 0.6) is 0 Å². The molecule has 19 heavy (non-hydrogen) atoms. The van der Waals surface area contributed by atoms with Gasteiger partial charge in [0.15, 0.2) is 5.78 Å². The van der Waals surface area contributed by atoms with Crippen molar-refractivity contribution in [1.29, 1.82) is 0 Å². The Kier molecular flexibility index (Phi) is 4.01. The van der Waals surface area contributed by atoms with Crippen LogP contribution in [0.1, 0.15) is 22.5 Å². The van der Waals surface area contributed by atoms with Gasteiger partial charge in [-0.2, -0.15) is 11.8 Å². The smallest absolute Gasteiger partial charge is 0.178 e. The van der Waals surface area contributed by atoms with Crippen LogP contribution in [0.15, 0.2) is 4.90 Å². The molecule has 1 aromatic heterocycles. The fourth-order valence-electron chi connectivity index (χ4n) is 2.30. The number of nitrogen functional groups attached to an aromatic ring is 1. The van der Waals surface area contributed by atoms with Crippen LogP contribution in [0.4, 0.5) is 10.7 Å². The maximum Gasteiger partial charge on any atom is 0.178 e. The topological polar surface area (TPSA) is 46.3 Å². The standard InChI is InChI=1S/C13H18N2OS3/c1-17-12-9(14)11(10(16)8-2-3-8)19-13(12)15-4-6-18-7-5-15/h8H,2-7,14H2,1H3. The molecule has 2 N–H and O–H groups in total. The number of rotatable bonds is 4.